The Balaban J connectivity index is 0.933. The predicted octanol–water partition coefficient (Wildman–Crippen LogP) is 9.77. The number of phenolic OH excluding ortho intramolecular Hbond substituents is 2. The lowest BCUT2D eigenvalue weighted by atomic mass is 9.77. The lowest BCUT2D eigenvalue weighted by Gasteiger charge is -2.36. The zero-order valence-electron chi connectivity index (χ0n) is 31.6. The van der Waals surface area contributed by atoms with E-state index in [4.69, 9.17) is 31.2 Å². The molecule has 0 aromatic heterocycles. The number of hydrogen-bond acceptors (Lipinski definition) is 9. The first kappa shape index (κ1) is 40.8. The van der Waals surface area contributed by atoms with Gasteiger partial charge in [-0.05, 0) is 55.0 Å². The number of aromatic hydroxyl groups is 2. The van der Waals surface area contributed by atoms with E-state index < -0.39 is 11.6 Å². The van der Waals surface area contributed by atoms with Gasteiger partial charge in [0.15, 0.2) is 10.7 Å². The predicted molar refractivity (Wildman–Crippen MR) is 214 cm³/mol. The van der Waals surface area contributed by atoms with Crippen LogP contribution in [-0.2, 0) is 24.6 Å². The second kappa shape index (κ2) is 20.9. The van der Waals surface area contributed by atoms with Crippen molar-refractivity contribution in [1.82, 2.24) is 5.32 Å². The zero-order valence-corrected chi connectivity index (χ0v) is 32.4. The molecule has 0 saturated heterocycles. The molecule has 0 unspecified atom stereocenters. The van der Waals surface area contributed by atoms with E-state index in [0.717, 1.165) is 12.8 Å². The third-order valence-corrected chi connectivity index (χ3v) is 10.3. The largest absolute Gasteiger partial charge is 0.508 e. The average molecular weight is 761 g/mol. The molecule has 54 heavy (non-hydrogen) atoms. The van der Waals surface area contributed by atoms with Gasteiger partial charge >= 0.3 is 11.9 Å². The third-order valence-electron chi connectivity index (χ3n) is 10.0. The molecule has 5 rings (SSSR count). The first-order valence-corrected chi connectivity index (χ1v) is 20.2. The summed E-state index contributed by atoms with van der Waals surface area (Å²) >= 11 is 5.46. The number of carbonyl (C=O) groups excluding carboxylic acids is 2. The molecule has 0 amide bonds. The summed E-state index contributed by atoms with van der Waals surface area (Å²) in [6.07, 6.45) is 19.8. The van der Waals surface area contributed by atoms with Crippen LogP contribution in [0.15, 0.2) is 54.6 Å². The number of carbonyl (C=O) groups is 2. The molecule has 0 atom stereocenters. The van der Waals surface area contributed by atoms with Crippen LogP contribution in [0.5, 0.6) is 23.0 Å². The molecule has 0 bridgehead atoms. The molecule has 0 aliphatic carbocycles. The molecule has 0 fully saturated rings. The minimum atomic E-state index is -1.33. The van der Waals surface area contributed by atoms with E-state index in [1.807, 2.05) is 0 Å². The van der Waals surface area contributed by atoms with Crippen LogP contribution in [0.4, 0.5) is 5.69 Å². The van der Waals surface area contributed by atoms with E-state index in [9.17, 15) is 19.8 Å². The Morgan fingerprint density at radius 3 is 1.87 bits per heavy atom. The first-order chi connectivity index (χ1) is 26.3. The van der Waals surface area contributed by atoms with Crippen molar-refractivity contribution >= 4 is 35.0 Å². The van der Waals surface area contributed by atoms with Crippen LogP contribution in [0.3, 0.4) is 0 Å². The van der Waals surface area contributed by atoms with Gasteiger partial charge in [-0.2, -0.15) is 0 Å². The van der Waals surface area contributed by atoms with Crippen LogP contribution in [0.1, 0.15) is 137 Å². The molecule has 0 saturated carbocycles. The van der Waals surface area contributed by atoms with Gasteiger partial charge in [-0.3, -0.25) is 4.79 Å². The van der Waals surface area contributed by atoms with Crippen molar-refractivity contribution in [2.45, 2.75) is 115 Å². The maximum atomic E-state index is 13.3. The van der Waals surface area contributed by atoms with Gasteiger partial charge in [0.1, 0.15) is 29.6 Å². The highest BCUT2D eigenvalue weighted by Gasteiger charge is 2.53. The highest BCUT2D eigenvalue weighted by Crippen LogP contribution is 2.57. The van der Waals surface area contributed by atoms with Crippen molar-refractivity contribution in [2.24, 2.45) is 0 Å². The number of anilines is 1. The molecule has 3 aromatic carbocycles. The summed E-state index contributed by atoms with van der Waals surface area (Å²) in [5, 5.41) is 26.8. The smallest absolute Gasteiger partial charge is 0.340 e. The monoisotopic (exact) mass is 760 g/mol. The molecule has 11 heteroatoms. The first-order valence-electron chi connectivity index (χ1n) is 19.8. The van der Waals surface area contributed by atoms with Crippen molar-refractivity contribution in [3.05, 3.63) is 76.9 Å². The van der Waals surface area contributed by atoms with E-state index in [1.54, 1.807) is 30.3 Å². The second-order valence-electron chi connectivity index (χ2n) is 14.2. The zero-order chi connectivity index (χ0) is 38.2. The number of fused-ring (bicyclic) bond motifs is 6. The van der Waals surface area contributed by atoms with Crippen LogP contribution >= 0.6 is 12.2 Å². The molecular formula is C43H56N2O8S. The molecule has 10 nitrogen and oxygen atoms in total. The maximum absolute atomic E-state index is 13.3. The maximum Gasteiger partial charge on any atom is 0.340 e. The molecule has 2 heterocycles. The summed E-state index contributed by atoms with van der Waals surface area (Å²) in [6, 6.07) is 14.6. The number of rotatable bonds is 23. The van der Waals surface area contributed by atoms with Crippen molar-refractivity contribution in [1.29, 1.82) is 0 Å². The Morgan fingerprint density at radius 2 is 1.28 bits per heavy atom. The normalized spacial score (nSPS) is 13.4. The van der Waals surface area contributed by atoms with Gasteiger partial charge in [0, 0.05) is 47.5 Å². The molecule has 2 aliphatic heterocycles. The van der Waals surface area contributed by atoms with Crippen molar-refractivity contribution in [2.75, 3.05) is 31.7 Å². The third kappa shape index (κ3) is 11.1. The number of esters is 2. The summed E-state index contributed by atoms with van der Waals surface area (Å²) in [6.45, 7) is 3.58. The molecule has 1 spiro atoms. The SMILES string of the molecule is CCCCCCCCCCCCCCCCCC(=O)OCCOCCNC(=S)Nc1ccc2c(c1)C(=O)OC21c2ccc(O)cc2Oc2cc(O)ccc21. The summed E-state index contributed by atoms with van der Waals surface area (Å²) in [7, 11) is 0. The van der Waals surface area contributed by atoms with Gasteiger partial charge in [-0.25, -0.2) is 4.79 Å². The summed E-state index contributed by atoms with van der Waals surface area (Å²) in [4.78, 5) is 25.4. The Bertz CT molecular complexity index is 1660. The Morgan fingerprint density at radius 1 is 0.722 bits per heavy atom. The summed E-state index contributed by atoms with van der Waals surface area (Å²) in [5.74, 6) is -0.0882. The van der Waals surface area contributed by atoms with E-state index >= 15 is 0 Å². The van der Waals surface area contributed by atoms with Gasteiger partial charge in [0.05, 0.1) is 18.8 Å². The number of benzene rings is 3. The van der Waals surface area contributed by atoms with Gasteiger partial charge < -0.3 is 39.8 Å². The number of unbranched alkanes of at least 4 members (excludes halogenated alkanes) is 14. The van der Waals surface area contributed by atoms with E-state index in [-0.39, 0.29) is 24.1 Å². The van der Waals surface area contributed by atoms with Crippen LogP contribution in [-0.4, -0.2) is 53.6 Å². The van der Waals surface area contributed by atoms with Gasteiger partial charge in [0.2, 0.25) is 0 Å². The van der Waals surface area contributed by atoms with Gasteiger partial charge in [-0.1, -0.05) is 103 Å². The number of hydrogen-bond donors (Lipinski definition) is 4. The van der Waals surface area contributed by atoms with Crippen LogP contribution in [0.25, 0.3) is 0 Å². The van der Waals surface area contributed by atoms with Gasteiger partial charge in [-0.15, -0.1) is 0 Å². The van der Waals surface area contributed by atoms with E-state index in [1.165, 1.54) is 108 Å². The molecule has 3 aromatic rings. The number of phenols is 2. The van der Waals surface area contributed by atoms with Crippen molar-refractivity contribution < 1.29 is 38.7 Å². The minimum absolute atomic E-state index is 0.00724. The number of thiocarbonyl (C=S) groups is 1. The molecule has 4 N–H and O–H groups in total. The van der Waals surface area contributed by atoms with Crippen LogP contribution in [0.2, 0.25) is 0 Å². The fraction of sp³-hybridized carbons (Fsp3) is 0.512. The molecular weight excluding hydrogens is 705 g/mol. The van der Waals surface area contributed by atoms with E-state index in [0.29, 0.717) is 70.7 Å². The standard InChI is InChI=1S/C43H56N2O8S/c1-2-3-4-5-6-7-8-9-10-11-12-13-14-15-16-17-40(48)51-27-26-50-25-24-44-42(54)45-31-18-21-35-34(28-31)41(49)53-43(35)36-22-19-32(46)29-38(36)52-39-30-33(47)20-23-37(39)43/h18-23,28-30,46-47H,2-17,24-27H2,1H3,(H2,44,45,54). The van der Waals surface area contributed by atoms with Crippen LogP contribution in [0, 0.1) is 0 Å². The fourth-order valence-electron chi connectivity index (χ4n) is 7.22. The molecule has 0 radical (unpaired) electrons. The fourth-order valence-corrected chi connectivity index (χ4v) is 7.44. The lowest BCUT2D eigenvalue weighted by molar-refractivity contribution is -0.145. The quantitative estimate of drug-likeness (QED) is 0.0418. The number of ether oxygens (including phenoxy) is 4. The molecule has 2 aliphatic rings. The summed E-state index contributed by atoms with van der Waals surface area (Å²) < 4.78 is 23.0. The lowest BCUT2D eigenvalue weighted by Crippen LogP contribution is -2.33. The van der Waals surface area contributed by atoms with Gasteiger partial charge in [0.25, 0.3) is 0 Å². The van der Waals surface area contributed by atoms with Crippen molar-refractivity contribution in [3.63, 3.8) is 0 Å². The topological polar surface area (TPSA) is 136 Å². The Hall–Kier alpha value is -4.35. The number of nitrogens with one attached hydrogen (secondary N) is 2. The Kier molecular flexibility index (Phi) is 15.8. The Labute approximate surface area is 324 Å². The highest BCUT2D eigenvalue weighted by atomic mass is 32.1. The molecule has 292 valence electrons. The van der Waals surface area contributed by atoms with Crippen LogP contribution < -0.4 is 15.4 Å². The minimum Gasteiger partial charge on any atom is -0.508 e. The van der Waals surface area contributed by atoms with Crippen molar-refractivity contribution in [3.8, 4) is 23.0 Å². The summed E-state index contributed by atoms with van der Waals surface area (Å²) in [5.41, 5.74) is 1.32. The second-order valence-corrected chi connectivity index (χ2v) is 14.6. The average Bonchev–Trinajstić information content (AvgIpc) is 3.43. The highest BCUT2D eigenvalue weighted by molar-refractivity contribution is 7.80. The van der Waals surface area contributed by atoms with E-state index in [2.05, 4.69) is 17.6 Å².